The molecule has 4 nitrogen and oxygen atoms in total. The second-order valence-corrected chi connectivity index (χ2v) is 5.24. The molecule has 0 aromatic heterocycles. The van der Waals surface area contributed by atoms with Crippen molar-refractivity contribution in [2.45, 2.75) is 4.90 Å². The third-order valence-corrected chi connectivity index (χ3v) is 3.78. The summed E-state index contributed by atoms with van der Waals surface area (Å²) in [4.78, 5) is 11.4. The number of ketones is 1. The van der Waals surface area contributed by atoms with Crippen LogP contribution in [0.25, 0.3) is 0 Å². The van der Waals surface area contributed by atoms with Crippen LogP contribution in [0.3, 0.4) is 0 Å². The van der Waals surface area contributed by atoms with Crippen molar-refractivity contribution in [3.8, 4) is 0 Å². The van der Waals surface area contributed by atoms with Crippen molar-refractivity contribution in [2.75, 3.05) is 12.4 Å². The molecule has 1 rings (SSSR count). The molecule has 0 unspecified atom stereocenters. The van der Waals surface area contributed by atoms with Gasteiger partial charge in [0.15, 0.2) is 5.78 Å². The van der Waals surface area contributed by atoms with Gasteiger partial charge in [-0.15, -0.1) is 0 Å². The molecule has 0 heterocycles. The van der Waals surface area contributed by atoms with E-state index in [1.807, 2.05) is 0 Å². The van der Waals surface area contributed by atoms with Crippen molar-refractivity contribution in [1.82, 2.24) is 4.72 Å². The summed E-state index contributed by atoms with van der Waals surface area (Å²) >= 11 is 3.03. The Morgan fingerprint density at radius 3 is 2.67 bits per heavy atom. The van der Waals surface area contributed by atoms with Crippen molar-refractivity contribution < 1.29 is 13.2 Å². The highest BCUT2D eigenvalue weighted by atomic mass is 79.9. The van der Waals surface area contributed by atoms with Crippen molar-refractivity contribution in [3.63, 3.8) is 0 Å². The average Bonchev–Trinajstić information content (AvgIpc) is 2.28. The van der Waals surface area contributed by atoms with Gasteiger partial charge >= 0.3 is 0 Å². The third kappa shape index (κ3) is 2.87. The predicted octanol–water partition coefficient (Wildman–Crippen LogP) is 1.17. The van der Waals surface area contributed by atoms with Crippen molar-refractivity contribution in [2.24, 2.45) is 0 Å². The Bertz CT molecular complexity index is 470. The van der Waals surface area contributed by atoms with E-state index in [0.717, 1.165) is 0 Å². The summed E-state index contributed by atoms with van der Waals surface area (Å²) in [5.74, 6) is -0.150. The van der Waals surface area contributed by atoms with E-state index in [1.165, 1.54) is 19.2 Å². The molecule has 0 saturated heterocycles. The first-order valence-corrected chi connectivity index (χ1v) is 6.74. The van der Waals surface area contributed by atoms with Gasteiger partial charge in [-0.05, 0) is 19.2 Å². The molecule has 0 atom stereocenters. The van der Waals surface area contributed by atoms with Crippen LogP contribution in [0.2, 0.25) is 0 Å². The largest absolute Gasteiger partial charge is 0.293 e. The molecule has 0 radical (unpaired) electrons. The van der Waals surface area contributed by atoms with Crippen LogP contribution in [0, 0.1) is 0 Å². The quantitative estimate of drug-likeness (QED) is 0.669. The summed E-state index contributed by atoms with van der Waals surface area (Å²) in [6.07, 6.45) is 0. The van der Waals surface area contributed by atoms with Crippen LogP contribution >= 0.6 is 15.9 Å². The standard InChI is InChI=1S/C9H10BrNO3S/c1-11-15(13,14)8-4-2-3-7(5-8)9(12)6-10/h2-5,11H,6H2,1H3. The predicted molar refractivity (Wildman–Crippen MR) is 60.8 cm³/mol. The Morgan fingerprint density at radius 2 is 2.13 bits per heavy atom. The van der Waals surface area contributed by atoms with Crippen LogP contribution in [0.5, 0.6) is 0 Å². The first-order valence-electron chi connectivity index (χ1n) is 4.14. The first kappa shape index (κ1) is 12.4. The normalized spacial score (nSPS) is 11.3. The van der Waals surface area contributed by atoms with Gasteiger partial charge < -0.3 is 0 Å². The number of Topliss-reactive ketones (excluding diaryl/α,β-unsaturated/α-hetero) is 1. The molecule has 1 N–H and O–H groups in total. The van der Waals surface area contributed by atoms with E-state index in [9.17, 15) is 13.2 Å². The third-order valence-electron chi connectivity index (χ3n) is 1.86. The summed E-state index contributed by atoms with van der Waals surface area (Å²) in [6, 6.07) is 5.92. The molecular weight excluding hydrogens is 282 g/mol. The molecule has 6 heteroatoms. The van der Waals surface area contributed by atoms with Crippen LogP contribution < -0.4 is 4.72 Å². The molecule has 0 fully saturated rings. The molecule has 0 bridgehead atoms. The first-order chi connectivity index (χ1) is 7.01. The monoisotopic (exact) mass is 291 g/mol. The van der Waals surface area contributed by atoms with Crippen LogP contribution in [0.1, 0.15) is 10.4 Å². The van der Waals surface area contributed by atoms with E-state index in [4.69, 9.17) is 0 Å². The minimum atomic E-state index is -3.48. The molecule has 1 aromatic carbocycles. The van der Waals surface area contributed by atoms with E-state index >= 15 is 0 Å². The van der Waals surface area contributed by atoms with E-state index in [2.05, 4.69) is 20.7 Å². The fraction of sp³-hybridized carbons (Fsp3) is 0.222. The fourth-order valence-corrected chi connectivity index (χ4v) is 2.13. The SMILES string of the molecule is CNS(=O)(=O)c1cccc(C(=O)CBr)c1. The van der Waals surface area contributed by atoms with E-state index in [0.29, 0.717) is 5.56 Å². The second kappa shape index (κ2) is 4.87. The van der Waals surface area contributed by atoms with Crippen LogP contribution in [-0.4, -0.2) is 26.6 Å². The molecular formula is C9H10BrNO3S. The van der Waals surface area contributed by atoms with Crippen LogP contribution in [0.4, 0.5) is 0 Å². The molecule has 0 saturated carbocycles. The maximum absolute atomic E-state index is 11.4. The number of nitrogens with one attached hydrogen (secondary N) is 1. The number of sulfonamides is 1. The molecule has 0 aliphatic carbocycles. The summed E-state index contributed by atoms with van der Waals surface area (Å²) in [5.41, 5.74) is 0.378. The van der Waals surface area contributed by atoms with Gasteiger partial charge in [-0.3, -0.25) is 4.79 Å². The van der Waals surface area contributed by atoms with Crippen LogP contribution in [0.15, 0.2) is 29.2 Å². The smallest absolute Gasteiger partial charge is 0.240 e. The summed E-state index contributed by atoms with van der Waals surface area (Å²) in [7, 11) is -2.15. The second-order valence-electron chi connectivity index (χ2n) is 2.79. The Labute approximate surface area is 96.9 Å². The van der Waals surface area contributed by atoms with Gasteiger partial charge in [-0.1, -0.05) is 28.1 Å². The number of halogens is 1. The molecule has 0 aliphatic rings. The zero-order valence-corrected chi connectivity index (χ0v) is 10.4. The van der Waals surface area contributed by atoms with Gasteiger partial charge in [-0.2, -0.15) is 0 Å². The highest BCUT2D eigenvalue weighted by molar-refractivity contribution is 9.09. The molecule has 15 heavy (non-hydrogen) atoms. The lowest BCUT2D eigenvalue weighted by atomic mass is 10.2. The van der Waals surface area contributed by atoms with Gasteiger partial charge in [-0.25, -0.2) is 13.1 Å². The van der Waals surface area contributed by atoms with E-state index < -0.39 is 10.0 Å². The number of benzene rings is 1. The Morgan fingerprint density at radius 1 is 1.47 bits per heavy atom. The minimum Gasteiger partial charge on any atom is -0.293 e. The number of carbonyl (C=O) groups is 1. The Hall–Kier alpha value is -0.720. The fourth-order valence-electron chi connectivity index (χ4n) is 1.03. The van der Waals surface area contributed by atoms with Crippen molar-refractivity contribution in [1.29, 1.82) is 0 Å². The molecule has 0 spiro atoms. The molecule has 0 amide bonds. The minimum absolute atomic E-state index is 0.0943. The number of hydrogen-bond donors (Lipinski definition) is 1. The summed E-state index contributed by atoms with van der Waals surface area (Å²) in [6.45, 7) is 0. The van der Waals surface area contributed by atoms with Gasteiger partial charge in [0.1, 0.15) is 0 Å². The molecule has 1 aromatic rings. The van der Waals surface area contributed by atoms with E-state index in [-0.39, 0.29) is 16.0 Å². The maximum Gasteiger partial charge on any atom is 0.240 e. The lowest BCUT2D eigenvalue weighted by Gasteiger charge is -2.03. The summed E-state index contributed by atoms with van der Waals surface area (Å²) in [5, 5.41) is 0.177. The van der Waals surface area contributed by atoms with E-state index in [1.54, 1.807) is 12.1 Å². The van der Waals surface area contributed by atoms with Gasteiger partial charge in [0.05, 0.1) is 10.2 Å². The van der Waals surface area contributed by atoms with Crippen molar-refractivity contribution in [3.05, 3.63) is 29.8 Å². The highest BCUT2D eigenvalue weighted by Gasteiger charge is 2.13. The number of carbonyl (C=O) groups excluding carboxylic acids is 1. The maximum atomic E-state index is 11.4. The number of hydrogen-bond acceptors (Lipinski definition) is 3. The van der Waals surface area contributed by atoms with Gasteiger partial charge in [0.25, 0.3) is 0 Å². The van der Waals surface area contributed by atoms with Gasteiger partial charge in [0.2, 0.25) is 10.0 Å². The molecule has 82 valence electrons. The molecule has 0 aliphatic heterocycles. The zero-order chi connectivity index (χ0) is 11.5. The topological polar surface area (TPSA) is 63.2 Å². The van der Waals surface area contributed by atoms with Crippen molar-refractivity contribution >= 4 is 31.7 Å². The number of rotatable bonds is 4. The number of alkyl halides is 1. The Balaban J connectivity index is 3.20. The zero-order valence-electron chi connectivity index (χ0n) is 8.03. The lowest BCUT2D eigenvalue weighted by molar-refractivity contribution is 0.102. The average molecular weight is 292 g/mol. The Kier molecular flexibility index (Phi) is 4.01. The van der Waals surface area contributed by atoms with Gasteiger partial charge in [0, 0.05) is 5.56 Å². The van der Waals surface area contributed by atoms with Crippen LogP contribution in [-0.2, 0) is 10.0 Å². The lowest BCUT2D eigenvalue weighted by Crippen LogP contribution is -2.19. The summed E-state index contributed by atoms with van der Waals surface area (Å²) < 4.78 is 25.1. The highest BCUT2D eigenvalue weighted by Crippen LogP contribution is 2.12.